The van der Waals surface area contributed by atoms with Crippen LogP contribution >= 0.6 is 0 Å². The monoisotopic (exact) mass is 366 g/mol. The van der Waals surface area contributed by atoms with Crippen LogP contribution in [0, 0.1) is 20.2 Å². The van der Waals surface area contributed by atoms with Crippen LogP contribution in [-0.2, 0) is 10.0 Å². The first-order valence-corrected chi connectivity index (χ1v) is 8.50. The van der Waals surface area contributed by atoms with Gasteiger partial charge in [0.25, 0.3) is 11.4 Å². The number of sulfonamides is 1. The molecule has 0 heterocycles. The predicted octanol–water partition coefficient (Wildman–Crippen LogP) is 1.89. The molecule has 25 heavy (non-hydrogen) atoms. The minimum atomic E-state index is -3.78. The molecule has 0 aromatic heterocycles. The van der Waals surface area contributed by atoms with E-state index in [9.17, 15) is 28.6 Å². The Morgan fingerprint density at radius 3 is 1.76 bits per heavy atom. The van der Waals surface area contributed by atoms with Crippen LogP contribution in [0.2, 0.25) is 0 Å². The summed E-state index contributed by atoms with van der Waals surface area (Å²) in [6, 6.07) is 10.3. The Hall–Kier alpha value is -3.05. The Bertz CT molecular complexity index is 865. The number of hydrogen-bond donors (Lipinski definition) is 2. The van der Waals surface area contributed by atoms with Crippen molar-refractivity contribution in [2.75, 3.05) is 18.4 Å². The molecule has 0 aliphatic carbocycles. The van der Waals surface area contributed by atoms with Gasteiger partial charge in [0.1, 0.15) is 0 Å². The molecule has 0 saturated carbocycles. The smallest absolute Gasteiger partial charge is 0.269 e. The highest BCUT2D eigenvalue weighted by Gasteiger charge is 2.15. The molecule has 2 N–H and O–H groups in total. The van der Waals surface area contributed by atoms with E-state index < -0.39 is 19.9 Å². The molecule has 0 radical (unpaired) electrons. The average molecular weight is 366 g/mol. The quantitative estimate of drug-likeness (QED) is 0.412. The fourth-order valence-electron chi connectivity index (χ4n) is 1.92. The van der Waals surface area contributed by atoms with Crippen molar-refractivity contribution in [1.82, 2.24) is 4.72 Å². The van der Waals surface area contributed by atoms with Crippen LogP contribution in [0.25, 0.3) is 0 Å². The predicted molar refractivity (Wildman–Crippen MR) is 89.9 cm³/mol. The van der Waals surface area contributed by atoms with Gasteiger partial charge in [-0.15, -0.1) is 0 Å². The van der Waals surface area contributed by atoms with Crippen LogP contribution in [0.3, 0.4) is 0 Å². The first kappa shape index (κ1) is 18.3. The van der Waals surface area contributed by atoms with Gasteiger partial charge < -0.3 is 5.32 Å². The normalized spacial score (nSPS) is 11.0. The lowest BCUT2D eigenvalue weighted by atomic mass is 10.3. The molecule has 10 nitrogen and oxygen atoms in total. The van der Waals surface area contributed by atoms with Gasteiger partial charge in [-0.05, 0) is 24.3 Å². The topological polar surface area (TPSA) is 144 Å². The summed E-state index contributed by atoms with van der Waals surface area (Å²) in [4.78, 5) is 19.9. The molecule has 0 amide bonds. The maximum Gasteiger partial charge on any atom is 0.269 e. The summed E-state index contributed by atoms with van der Waals surface area (Å²) in [5, 5.41) is 24.0. The third kappa shape index (κ3) is 4.96. The van der Waals surface area contributed by atoms with Crippen LogP contribution in [0.15, 0.2) is 53.4 Å². The highest BCUT2D eigenvalue weighted by Crippen LogP contribution is 2.16. The van der Waals surface area contributed by atoms with Crippen molar-refractivity contribution in [2.45, 2.75) is 4.90 Å². The Balaban J connectivity index is 1.87. The van der Waals surface area contributed by atoms with Gasteiger partial charge in [0.2, 0.25) is 10.0 Å². The van der Waals surface area contributed by atoms with Gasteiger partial charge in [0.15, 0.2) is 0 Å². The molecule has 0 unspecified atom stereocenters. The molecule has 2 aromatic rings. The lowest BCUT2D eigenvalue weighted by molar-refractivity contribution is -0.385. The molecule has 0 atom stereocenters. The van der Waals surface area contributed by atoms with Gasteiger partial charge in [-0.2, -0.15) is 0 Å². The summed E-state index contributed by atoms with van der Waals surface area (Å²) in [5.74, 6) is 0. The van der Waals surface area contributed by atoms with Crippen molar-refractivity contribution in [1.29, 1.82) is 0 Å². The summed E-state index contributed by atoms with van der Waals surface area (Å²) < 4.78 is 26.5. The molecule has 132 valence electrons. The van der Waals surface area contributed by atoms with E-state index in [1.165, 1.54) is 24.3 Å². The Morgan fingerprint density at radius 1 is 0.800 bits per heavy atom. The van der Waals surface area contributed by atoms with Crippen LogP contribution in [-0.4, -0.2) is 31.4 Å². The van der Waals surface area contributed by atoms with Gasteiger partial charge in [-0.25, -0.2) is 13.1 Å². The van der Waals surface area contributed by atoms with Crippen LogP contribution in [0.5, 0.6) is 0 Å². The largest absolute Gasteiger partial charge is 0.384 e. The first-order valence-electron chi connectivity index (χ1n) is 7.02. The van der Waals surface area contributed by atoms with Gasteiger partial charge in [0, 0.05) is 43.0 Å². The van der Waals surface area contributed by atoms with Crippen LogP contribution < -0.4 is 10.0 Å². The fourth-order valence-corrected chi connectivity index (χ4v) is 2.96. The zero-order valence-corrected chi connectivity index (χ0v) is 13.6. The SMILES string of the molecule is O=[N+]([O-])c1ccc(NCCNS(=O)(=O)c2ccc([N+](=O)[O-])cc2)cc1. The average Bonchev–Trinajstić information content (AvgIpc) is 2.59. The van der Waals surface area contributed by atoms with E-state index in [0.717, 1.165) is 24.3 Å². The van der Waals surface area contributed by atoms with E-state index in [-0.39, 0.29) is 29.4 Å². The highest BCUT2D eigenvalue weighted by atomic mass is 32.2. The molecule has 11 heteroatoms. The van der Waals surface area contributed by atoms with Crippen molar-refractivity contribution >= 4 is 27.1 Å². The number of benzene rings is 2. The first-order chi connectivity index (χ1) is 11.8. The molecule has 0 spiro atoms. The minimum Gasteiger partial charge on any atom is -0.384 e. The number of nitro groups is 2. The standard InChI is InChI=1S/C14H14N4O6S/c19-17(20)12-3-1-11(2-4-12)15-9-10-16-25(23,24)14-7-5-13(6-8-14)18(21)22/h1-8,15-16H,9-10H2. The summed E-state index contributed by atoms with van der Waals surface area (Å²) >= 11 is 0. The van der Waals surface area contributed by atoms with Crippen molar-refractivity contribution in [2.24, 2.45) is 0 Å². The molecular weight excluding hydrogens is 352 g/mol. The third-order valence-corrected chi connectivity index (χ3v) is 4.66. The van der Waals surface area contributed by atoms with Crippen molar-refractivity contribution in [3.8, 4) is 0 Å². The number of nitro benzene ring substituents is 2. The van der Waals surface area contributed by atoms with Crippen LogP contribution in [0.1, 0.15) is 0 Å². The van der Waals surface area contributed by atoms with Crippen molar-refractivity contribution in [3.05, 3.63) is 68.8 Å². The summed E-state index contributed by atoms with van der Waals surface area (Å²) in [7, 11) is -3.78. The van der Waals surface area contributed by atoms with E-state index in [2.05, 4.69) is 10.0 Å². The van der Waals surface area contributed by atoms with E-state index in [4.69, 9.17) is 0 Å². The molecule has 0 fully saturated rings. The number of nitrogens with zero attached hydrogens (tertiary/aromatic N) is 2. The zero-order valence-electron chi connectivity index (χ0n) is 12.8. The minimum absolute atomic E-state index is 0.0376. The van der Waals surface area contributed by atoms with E-state index in [0.29, 0.717) is 5.69 Å². The highest BCUT2D eigenvalue weighted by molar-refractivity contribution is 7.89. The van der Waals surface area contributed by atoms with Gasteiger partial charge >= 0.3 is 0 Å². The Labute approximate surface area is 142 Å². The molecule has 0 saturated heterocycles. The van der Waals surface area contributed by atoms with E-state index in [1.807, 2.05) is 0 Å². The van der Waals surface area contributed by atoms with Crippen molar-refractivity contribution < 1.29 is 18.3 Å². The number of nitrogens with one attached hydrogen (secondary N) is 2. The number of hydrogen-bond acceptors (Lipinski definition) is 7. The fraction of sp³-hybridized carbons (Fsp3) is 0.143. The lowest BCUT2D eigenvalue weighted by Crippen LogP contribution is -2.28. The Morgan fingerprint density at radius 2 is 1.28 bits per heavy atom. The molecule has 0 bridgehead atoms. The molecule has 2 aromatic carbocycles. The molecule has 0 aliphatic heterocycles. The van der Waals surface area contributed by atoms with E-state index >= 15 is 0 Å². The maximum atomic E-state index is 12.1. The van der Waals surface area contributed by atoms with Gasteiger partial charge in [-0.1, -0.05) is 0 Å². The third-order valence-electron chi connectivity index (χ3n) is 3.18. The molecule has 2 rings (SSSR count). The van der Waals surface area contributed by atoms with Crippen molar-refractivity contribution in [3.63, 3.8) is 0 Å². The summed E-state index contributed by atoms with van der Waals surface area (Å²) in [6.45, 7) is 0.320. The number of non-ortho nitro benzene ring substituents is 2. The molecular formula is C14H14N4O6S. The second-order valence-corrected chi connectivity index (χ2v) is 6.65. The summed E-state index contributed by atoms with van der Waals surface area (Å²) in [6.07, 6.45) is 0. The number of anilines is 1. The van der Waals surface area contributed by atoms with Gasteiger partial charge in [0.05, 0.1) is 14.7 Å². The van der Waals surface area contributed by atoms with Crippen LogP contribution in [0.4, 0.5) is 17.1 Å². The maximum absolute atomic E-state index is 12.1. The van der Waals surface area contributed by atoms with Gasteiger partial charge in [-0.3, -0.25) is 20.2 Å². The summed E-state index contributed by atoms with van der Waals surface area (Å²) in [5.41, 5.74) is 0.378. The zero-order chi connectivity index (χ0) is 18.4. The second-order valence-electron chi connectivity index (χ2n) is 4.88. The Kier molecular flexibility index (Phi) is 5.62. The lowest BCUT2D eigenvalue weighted by Gasteiger charge is -2.08. The van der Waals surface area contributed by atoms with E-state index in [1.54, 1.807) is 0 Å². The number of rotatable bonds is 8. The molecule has 0 aliphatic rings. The second kappa shape index (κ2) is 7.68.